The minimum Gasteiger partial charge on any atom is -0.387 e. The van der Waals surface area contributed by atoms with Crippen molar-refractivity contribution in [3.63, 3.8) is 0 Å². The van der Waals surface area contributed by atoms with Gasteiger partial charge in [-0.25, -0.2) is 0 Å². The molecule has 4 atom stereocenters. The molecule has 270 valence electrons. The molecule has 0 unspecified atom stereocenters. The number of halogens is 1. The van der Waals surface area contributed by atoms with Crippen LogP contribution in [0.25, 0.3) is 0 Å². The molecule has 1 aliphatic carbocycles. The quantitative estimate of drug-likeness (QED) is 0.179. The first-order chi connectivity index (χ1) is 23.2. The van der Waals surface area contributed by atoms with E-state index in [4.69, 9.17) is 16.4 Å². The van der Waals surface area contributed by atoms with Gasteiger partial charge in [0.25, 0.3) is 5.91 Å². The fraction of sp³-hybridized carbons (Fsp3) is 0.692. The van der Waals surface area contributed by atoms with Crippen LogP contribution in [0, 0.1) is 23.2 Å². The first kappa shape index (κ1) is 38.7. The van der Waals surface area contributed by atoms with Crippen molar-refractivity contribution in [3.8, 4) is 0 Å². The van der Waals surface area contributed by atoms with Gasteiger partial charge in [0.15, 0.2) is 11.4 Å². The lowest BCUT2D eigenvalue weighted by molar-refractivity contribution is -0.149. The molecule has 0 bridgehead atoms. The Labute approximate surface area is 297 Å². The summed E-state index contributed by atoms with van der Waals surface area (Å²) in [6.45, 7) is 12.4. The van der Waals surface area contributed by atoms with Gasteiger partial charge in [-0.1, -0.05) is 95.1 Å². The van der Waals surface area contributed by atoms with Crippen LogP contribution < -0.4 is 0 Å². The molecular formula is C39H56ClN3O6. The zero-order valence-corrected chi connectivity index (χ0v) is 31.2. The van der Waals surface area contributed by atoms with Crippen molar-refractivity contribution in [2.75, 3.05) is 19.6 Å². The van der Waals surface area contributed by atoms with E-state index in [1.165, 1.54) is 11.3 Å². The third-order valence-corrected chi connectivity index (χ3v) is 11.0. The molecule has 3 aliphatic rings. The smallest absolute Gasteiger partial charge is 0.290 e. The molecule has 1 aromatic carbocycles. The van der Waals surface area contributed by atoms with E-state index in [2.05, 4.69) is 5.16 Å². The molecule has 2 fully saturated rings. The van der Waals surface area contributed by atoms with Crippen LogP contribution >= 0.6 is 11.6 Å². The molecule has 0 radical (unpaired) electrons. The second-order valence-corrected chi connectivity index (χ2v) is 16.0. The maximum absolute atomic E-state index is 14.7. The summed E-state index contributed by atoms with van der Waals surface area (Å²) in [4.78, 5) is 78.2. The number of hydrogen-bond donors (Lipinski definition) is 0. The van der Waals surface area contributed by atoms with E-state index in [1.54, 1.807) is 11.0 Å². The summed E-state index contributed by atoms with van der Waals surface area (Å²) in [7, 11) is 0. The largest absolute Gasteiger partial charge is 0.387 e. The number of Topliss-reactive ketones (excluding diaryl/α,β-unsaturated/α-hetero) is 3. The summed E-state index contributed by atoms with van der Waals surface area (Å²) in [5.74, 6) is -2.63. The lowest BCUT2D eigenvalue weighted by atomic mass is 9.75. The highest BCUT2D eigenvalue weighted by atomic mass is 35.5. The maximum Gasteiger partial charge on any atom is 0.290 e. The number of nitrogens with zero attached hydrogens (tertiary/aromatic N) is 3. The Morgan fingerprint density at radius 2 is 1.73 bits per heavy atom. The highest BCUT2D eigenvalue weighted by Gasteiger charge is 2.55. The SMILES string of the molecule is CCC[C@H](CC(=O)[C@@H]1C[C@]2(CC(c3cccc(Cl)c3)=NO2)CN1C(=O)[C@@H](CC(=O)CC1CCCCC1)C(C)(C)C)C(=O)C(=O)N(CC)CC. The Kier molecular flexibility index (Phi) is 13.2. The number of carbonyl (C=O) groups excluding carboxylic acids is 5. The van der Waals surface area contributed by atoms with Crippen molar-refractivity contribution < 1.29 is 28.8 Å². The van der Waals surface area contributed by atoms with Gasteiger partial charge in [-0.05, 0) is 43.7 Å². The number of ketones is 3. The number of oxime groups is 1. The Balaban J connectivity index is 1.61. The van der Waals surface area contributed by atoms with Crippen LogP contribution in [0.1, 0.15) is 124 Å². The summed E-state index contributed by atoms with van der Waals surface area (Å²) in [5, 5.41) is 4.97. The summed E-state index contributed by atoms with van der Waals surface area (Å²) >= 11 is 6.27. The van der Waals surface area contributed by atoms with Crippen LogP contribution in [0.3, 0.4) is 0 Å². The number of benzene rings is 1. The first-order valence-electron chi connectivity index (χ1n) is 18.4. The minimum absolute atomic E-state index is 0.0872. The molecule has 4 rings (SSSR count). The van der Waals surface area contributed by atoms with Crippen molar-refractivity contribution in [1.82, 2.24) is 9.80 Å². The summed E-state index contributed by atoms with van der Waals surface area (Å²) in [5.41, 5.74) is 0.00507. The van der Waals surface area contributed by atoms with E-state index in [9.17, 15) is 24.0 Å². The van der Waals surface area contributed by atoms with Crippen LogP contribution in [0.2, 0.25) is 5.02 Å². The molecule has 2 heterocycles. The first-order valence-corrected chi connectivity index (χ1v) is 18.8. The van der Waals surface area contributed by atoms with E-state index in [-0.39, 0.29) is 43.3 Å². The number of carbonyl (C=O) groups is 5. The van der Waals surface area contributed by atoms with E-state index < -0.39 is 40.6 Å². The lowest BCUT2D eigenvalue weighted by Gasteiger charge is -2.35. The van der Waals surface area contributed by atoms with Crippen LogP contribution in [0.5, 0.6) is 0 Å². The topological polar surface area (TPSA) is 113 Å². The molecule has 0 N–H and O–H groups in total. The standard InChI is InChI=1S/C39H56ClN3O6/c1-7-14-28(35(46)37(48)42(8-2)9-3)21-34(45)33-24-39(23-32(41-49-39)27-17-13-18-29(40)20-27)25-43(33)36(47)31(38(4,5)6)22-30(44)19-26-15-11-10-12-16-26/h13,17-18,20,26,28,31,33H,7-12,14-16,19,21-25H2,1-6H3/t28-,31-,33+,39-/m1/s1. The average Bonchev–Trinajstić information content (AvgIpc) is 3.66. The van der Waals surface area contributed by atoms with Gasteiger partial charge < -0.3 is 14.6 Å². The molecular weight excluding hydrogens is 642 g/mol. The van der Waals surface area contributed by atoms with Gasteiger partial charge in [-0.3, -0.25) is 24.0 Å². The Morgan fingerprint density at radius 3 is 2.35 bits per heavy atom. The summed E-state index contributed by atoms with van der Waals surface area (Å²) in [6.07, 6.45) is 7.63. The summed E-state index contributed by atoms with van der Waals surface area (Å²) < 4.78 is 0. The predicted molar refractivity (Wildman–Crippen MR) is 191 cm³/mol. The van der Waals surface area contributed by atoms with Crippen LogP contribution in [-0.4, -0.2) is 76.0 Å². The minimum atomic E-state index is -0.941. The zero-order valence-electron chi connectivity index (χ0n) is 30.4. The van der Waals surface area contributed by atoms with Gasteiger partial charge in [0, 0.05) is 67.6 Å². The number of rotatable bonds is 15. The van der Waals surface area contributed by atoms with Crippen molar-refractivity contribution in [2.24, 2.45) is 28.3 Å². The molecule has 1 saturated heterocycles. The molecule has 2 aliphatic heterocycles. The van der Waals surface area contributed by atoms with Crippen molar-refractivity contribution >= 4 is 46.5 Å². The Hall–Kier alpha value is -3.07. The molecule has 49 heavy (non-hydrogen) atoms. The predicted octanol–water partition coefficient (Wildman–Crippen LogP) is 7.21. The fourth-order valence-electron chi connectivity index (χ4n) is 7.89. The monoisotopic (exact) mass is 697 g/mol. The average molecular weight is 698 g/mol. The van der Waals surface area contributed by atoms with Crippen LogP contribution in [-0.2, 0) is 28.8 Å². The van der Waals surface area contributed by atoms with Crippen LogP contribution in [0.15, 0.2) is 29.4 Å². The fourth-order valence-corrected chi connectivity index (χ4v) is 8.08. The lowest BCUT2D eigenvalue weighted by Crippen LogP contribution is -2.48. The van der Waals surface area contributed by atoms with Gasteiger partial charge in [0.1, 0.15) is 5.78 Å². The molecule has 1 spiro atoms. The molecule has 10 heteroatoms. The third kappa shape index (κ3) is 9.59. The highest BCUT2D eigenvalue weighted by molar-refractivity contribution is 6.37. The van der Waals surface area contributed by atoms with Crippen molar-refractivity contribution in [1.29, 1.82) is 0 Å². The number of likely N-dealkylation sites (N-methyl/N-ethyl adjacent to an activating group) is 1. The molecule has 9 nitrogen and oxygen atoms in total. The van der Waals surface area contributed by atoms with E-state index >= 15 is 0 Å². The molecule has 2 amide bonds. The number of likely N-dealkylation sites (tertiary alicyclic amines) is 1. The second-order valence-electron chi connectivity index (χ2n) is 15.6. The van der Waals surface area contributed by atoms with Gasteiger partial charge in [-0.2, -0.15) is 0 Å². The van der Waals surface area contributed by atoms with Gasteiger partial charge in [0.05, 0.1) is 18.3 Å². The van der Waals surface area contributed by atoms with E-state index in [1.807, 2.05) is 59.7 Å². The van der Waals surface area contributed by atoms with Gasteiger partial charge >= 0.3 is 0 Å². The molecule has 1 aromatic rings. The Morgan fingerprint density at radius 1 is 1.04 bits per heavy atom. The second kappa shape index (κ2) is 16.8. The number of hydrogen-bond acceptors (Lipinski definition) is 7. The van der Waals surface area contributed by atoms with E-state index in [0.29, 0.717) is 55.4 Å². The molecule has 0 aromatic heterocycles. The van der Waals surface area contributed by atoms with Crippen molar-refractivity contribution in [3.05, 3.63) is 34.9 Å². The maximum atomic E-state index is 14.7. The van der Waals surface area contributed by atoms with E-state index in [0.717, 1.165) is 31.2 Å². The van der Waals surface area contributed by atoms with Crippen LogP contribution in [0.4, 0.5) is 0 Å². The third-order valence-electron chi connectivity index (χ3n) is 10.8. The molecule has 1 saturated carbocycles. The number of amides is 2. The van der Waals surface area contributed by atoms with Gasteiger partial charge in [0.2, 0.25) is 11.7 Å². The Bertz CT molecular complexity index is 1410. The highest BCUT2D eigenvalue weighted by Crippen LogP contribution is 2.43. The van der Waals surface area contributed by atoms with Crippen molar-refractivity contribution in [2.45, 2.75) is 130 Å². The zero-order chi connectivity index (χ0) is 35.9. The van der Waals surface area contributed by atoms with Gasteiger partial charge in [-0.15, -0.1) is 0 Å². The normalized spacial score (nSPS) is 22.4. The summed E-state index contributed by atoms with van der Waals surface area (Å²) in [6, 6.07) is 6.45.